The average molecular weight is 470 g/mol. The lowest BCUT2D eigenvalue weighted by atomic mass is 9.94. The number of aromatic nitrogens is 1. The summed E-state index contributed by atoms with van der Waals surface area (Å²) >= 11 is 4.36. The maximum atomic E-state index is 13.2. The molecule has 2 atom stereocenters. The Balaban J connectivity index is 1.71. The predicted molar refractivity (Wildman–Crippen MR) is 130 cm³/mol. The zero-order valence-electron chi connectivity index (χ0n) is 19.0. The molecule has 3 rings (SSSR count). The van der Waals surface area contributed by atoms with E-state index in [1.807, 2.05) is 50.2 Å². The number of carbonyl (C=O) groups is 3. The lowest BCUT2D eigenvalue weighted by molar-refractivity contribution is -0.143. The molecule has 0 saturated heterocycles. The van der Waals surface area contributed by atoms with E-state index in [1.165, 1.54) is 0 Å². The number of benzene rings is 1. The van der Waals surface area contributed by atoms with Gasteiger partial charge >= 0.3 is 5.97 Å². The van der Waals surface area contributed by atoms with Crippen molar-refractivity contribution in [1.29, 1.82) is 0 Å². The van der Waals surface area contributed by atoms with Crippen LogP contribution in [0.4, 0.5) is 0 Å². The minimum absolute atomic E-state index is 0.0104. The standard InChI is InChI=1S/C25H31N3O4S/c1-16(2)21(33)22(29)28-25(11-3-4-12-25)24(32)27-20(23(30)31)14-17-7-9-18(10-8-17)19-6-5-13-26-15-19/h5-10,13,15-16,20-21,33H,3-4,11-12,14H2,1-2H3,(H,27,32)(H,28,29)(H,30,31). The maximum absolute atomic E-state index is 13.2. The molecule has 1 heterocycles. The normalized spacial score (nSPS) is 16.7. The number of amides is 2. The maximum Gasteiger partial charge on any atom is 0.326 e. The Morgan fingerprint density at radius 1 is 1.09 bits per heavy atom. The summed E-state index contributed by atoms with van der Waals surface area (Å²) in [6.45, 7) is 3.78. The van der Waals surface area contributed by atoms with Gasteiger partial charge in [0.25, 0.3) is 0 Å². The first kappa shape index (κ1) is 24.8. The highest BCUT2D eigenvalue weighted by molar-refractivity contribution is 7.81. The lowest BCUT2D eigenvalue weighted by Crippen LogP contribution is -2.61. The molecule has 1 saturated carbocycles. The number of hydrogen-bond donors (Lipinski definition) is 4. The van der Waals surface area contributed by atoms with Gasteiger partial charge in [-0.15, -0.1) is 0 Å². The number of nitrogens with zero attached hydrogens (tertiary/aromatic N) is 1. The van der Waals surface area contributed by atoms with Gasteiger partial charge in [-0.3, -0.25) is 14.6 Å². The number of nitrogens with one attached hydrogen (secondary N) is 2. The third-order valence-corrected chi connectivity index (χ3v) is 6.98. The van der Waals surface area contributed by atoms with E-state index in [9.17, 15) is 19.5 Å². The Bertz CT molecular complexity index is 973. The van der Waals surface area contributed by atoms with E-state index in [0.717, 1.165) is 29.5 Å². The van der Waals surface area contributed by atoms with Gasteiger partial charge in [0.1, 0.15) is 11.6 Å². The smallest absolute Gasteiger partial charge is 0.326 e. The fraction of sp³-hybridized carbons (Fsp3) is 0.440. The molecule has 1 aliphatic carbocycles. The third kappa shape index (κ3) is 6.13. The molecule has 1 aliphatic rings. The summed E-state index contributed by atoms with van der Waals surface area (Å²) in [6, 6.07) is 10.2. The molecule has 176 valence electrons. The number of thiol groups is 1. The van der Waals surface area contributed by atoms with Crippen LogP contribution in [0.25, 0.3) is 11.1 Å². The van der Waals surface area contributed by atoms with Crippen LogP contribution in [-0.2, 0) is 20.8 Å². The Labute approximate surface area is 199 Å². The molecular weight excluding hydrogens is 438 g/mol. The fourth-order valence-corrected chi connectivity index (χ4v) is 4.16. The molecule has 33 heavy (non-hydrogen) atoms. The summed E-state index contributed by atoms with van der Waals surface area (Å²) in [5.74, 6) is -1.86. The molecule has 0 radical (unpaired) electrons. The van der Waals surface area contributed by atoms with Crippen LogP contribution >= 0.6 is 12.6 Å². The SMILES string of the molecule is CC(C)C(S)C(=O)NC1(C(=O)NC(Cc2ccc(-c3cccnc3)cc2)C(=O)O)CCCC1. The Hall–Kier alpha value is -2.87. The van der Waals surface area contributed by atoms with Crippen LogP contribution in [0.5, 0.6) is 0 Å². The van der Waals surface area contributed by atoms with E-state index in [-0.39, 0.29) is 18.2 Å². The monoisotopic (exact) mass is 469 g/mol. The molecule has 2 unspecified atom stereocenters. The second-order valence-corrected chi connectivity index (χ2v) is 9.53. The first-order valence-corrected chi connectivity index (χ1v) is 11.8. The zero-order chi connectivity index (χ0) is 24.0. The number of carboxylic acid groups (broad SMARTS) is 1. The second-order valence-electron chi connectivity index (χ2n) is 8.97. The third-order valence-electron chi connectivity index (χ3n) is 6.15. The van der Waals surface area contributed by atoms with Crippen molar-refractivity contribution in [3.8, 4) is 11.1 Å². The molecule has 1 aromatic heterocycles. The van der Waals surface area contributed by atoms with Crippen molar-refractivity contribution in [2.75, 3.05) is 0 Å². The average Bonchev–Trinajstić information content (AvgIpc) is 3.28. The molecule has 0 aliphatic heterocycles. The lowest BCUT2D eigenvalue weighted by Gasteiger charge is -2.32. The molecule has 2 amide bonds. The minimum atomic E-state index is -1.12. The van der Waals surface area contributed by atoms with Crippen molar-refractivity contribution in [1.82, 2.24) is 15.6 Å². The van der Waals surface area contributed by atoms with Gasteiger partial charge in [-0.05, 0) is 41.5 Å². The van der Waals surface area contributed by atoms with Crippen molar-refractivity contribution in [2.24, 2.45) is 5.92 Å². The highest BCUT2D eigenvalue weighted by Crippen LogP contribution is 2.31. The molecule has 7 nitrogen and oxygen atoms in total. The fourth-order valence-electron chi connectivity index (χ4n) is 4.10. The number of pyridine rings is 1. The van der Waals surface area contributed by atoms with E-state index in [1.54, 1.807) is 12.4 Å². The van der Waals surface area contributed by atoms with Crippen molar-refractivity contribution in [2.45, 2.75) is 62.8 Å². The van der Waals surface area contributed by atoms with Gasteiger partial charge in [0.2, 0.25) is 11.8 Å². The van der Waals surface area contributed by atoms with Crippen LogP contribution in [0.1, 0.15) is 45.1 Å². The summed E-state index contributed by atoms with van der Waals surface area (Å²) in [5, 5.41) is 14.8. The largest absolute Gasteiger partial charge is 0.480 e. The second kappa shape index (κ2) is 10.8. The topological polar surface area (TPSA) is 108 Å². The van der Waals surface area contributed by atoms with Crippen LogP contribution in [-0.4, -0.2) is 44.7 Å². The van der Waals surface area contributed by atoms with Crippen molar-refractivity contribution >= 4 is 30.4 Å². The minimum Gasteiger partial charge on any atom is -0.480 e. The summed E-state index contributed by atoms with van der Waals surface area (Å²) < 4.78 is 0. The van der Waals surface area contributed by atoms with E-state index >= 15 is 0 Å². The van der Waals surface area contributed by atoms with Crippen LogP contribution in [0.15, 0.2) is 48.8 Å². The molecule has 0 spiro atoms. The summed E-state index contributed by atoms with van der Waals surface area (Å²) in [6.07, 6.45) is 6.15. The molecule has 3 N–H and O–H groups in total. The Kier molecular flexibility index (Phi) is 8.13. The van der Waals surface area contributed by atoms with Gasteiger partial charge in [0.05, 0.1) is 5.25 Å². The quantitative estimate of drug-likeness (QED) is 0.422. The van der Waals surface area contributed by atoms with E-state index in [4.69, 9.17) is 0 Å². The predicted octanol–water partition coefficient (Wildman–Crippen LogP) is 3.24. The number of rotatable bonds is 9. The van der Waals surface area contributed by atoms with Gasteiger partial charge in [0, 0.05) is 18.8 Å². The van der Waals surface area contributed by atoms with Crippen molar-refractivity contribution < 1.29 is 19.5 Å². The van der Waals surface area contributed by atoms with Gasteiger partial charge in [-0.1, -0.05) is 57.0 Å². The first-order valence-electron chi connectivity index (χ1n) is 11.2. The molecule has 1 aromatic carbocycles. The molecule has 2 aromatic rings. The summed E-state index contributed by atoms with van der Waals surface area (Å²) in [5.41, 5.74) is 1.64. The number of carboxylic acids is 1. The van der Waals surface area contributed by atoms with Crippen molar-refractivity contribution in [3.63, 3.8) is 0 Å². The summed E-state index contributed by atoms with van der Waals surface area (Å²) in [4.78, 5) is 41.9. The van der Waals surface area contributed by atoms with E-state index in [2.05, 4.69) is 28.2 Å². The van der Waals surface area contributed by atoms with E-state index in [0.29, 0.717) is 12.8 Å². The number of aliphatic carboxylic acids is 1. The molecule has 8 heteroatoms. The molecular formula is C25H31N3O4S. The van der Waals surface area contributed by atoms with Crippen molar-refractivity contribution in [3.05, 3.63) is 54.4 Å². The number of carbonyl (C=O) groups excluding carboxylic acids is 2. The summed E-state index contributed by atoms with van der Waals surface area (Å²) in [7, 11) is 0. The van der Waals surface area contributed by atoms with Gasteiger partial charge in [-0.2, -0.15) is 12.6 Å². The van der Waals surface area contributed by atoms with Crippen LogP contribution < -0.4 is 10.6 Å². The van der Waals surface area contributed by atoms with E-state index < -0.39 is 28.7 Å². The van der Waals surface area contributed by atoms with Crippen LogP contribution in [0.2, 0.25) is 0 Å². The van der Waals surface area contributed by atoms with Gasteiger partial charge in [0.15, 0.2) is 0 Å². The van der Waals surface area contributed by atoms with Crippen LogP contribution in [0, 0.1) is 5.92 Å². The van der Waals surface area contributed by atoms with Gasteiger partial charge in [-0.25, -0.2) is 4.79 Å². The zero-order valence-corrected chi connectivity index (χ0v) is 19.8. The molecule has 1 fully saturated rings. The van der Waals surface area contributed by atoms with Gasteiger partial charge < -0.3 is 15.7 Å². The number of hydrogen-bond acceptors (Lipinski definition) is 5. The highest BCUT2D eigenvalue weighted by Gasteiger charge is 2.44. The Morgan fingerprint density at radius 3 is 2.30 bits per heavy atom. The molecule has 0 bridgehead atoms. The van der Waals surface area contributed by atoms with Crippen LogP contribution in [0.3, 0.4) is 0 Å². The Morgan fingerprint density at radius 2 is 1.76 bits per heavy atom. The first-order chi connectivity index (χ1) is 15.7. The highest BCUT2D eigenvalue weighted by atomic mass is 32.1.